The van der Waals surface area contributed by atoms with Crippen LogP contribution in [0.15, 0.2) is 24.3 Å². The minimum Gasteiger partial charge on any atom is -0.338 e. The summed E-state index contributed by atoms with van der Waals surface area (Å²) in [5, 5.41) is 5.87. The van der Waals surface area contributed by atoms with Crippen LogP contribution in [0, 0.1) is 11.7 Å². The number of urea groups is 1. The van der Waals surface area contributed by atoms with E-state index in [-0.39, 0.29) is 11.8 Å². The topological polar surface area (TPSA) is 41.1 Å². The Bertz CT molecular complexity index is 467. The Labute approximate surface area is 120 Å². The lowest BCUT2D eigenvalue weighted by molar-refractivity contribution is 0.222. The molecule has 1 aromatic rings. The first-order chi connectivity index (χ1) is 9.53. The Kier molecular flexibility index (Phi) is 4.63. The van der Waals surface area contributed by atoms with Crippen LogP contribution in [-0.2, 0) is 5.54 Å². The zero-order valence-electron chi connectivity index (χ0n) is 12.2. The van der Waals surface area contributed by atoms with Crippen LogP contribution in [0.25, 0.3) is 0 Å². The molecule has 0 aromatic heterocycles. The number of hydrogen-bond donors (Lipinski definition) is 2. The van der Waals surface area contributed by atoms with Gasteiger partial charge in [0.1, 0.15) is 5.82 Å². The van der Waals surface area contributed by atoms with Crippen molar-refractivity contribution in [2.24, 2.45) is 5.92 Å². The molecule has 0 bridgehead atoms. The van der Waals surface area contributed by atoms with Crippen molar-refractivity contribution < 1.29 is 9.18 Å². The standard InChI is InChI=1S/C16H23FN2O/c1-12(2)11-18-15(20)19-16(9-5-6-10-16)13-7-3-4-8-14(13)17/h3-4,7-8,12H,5-6,9-11H2,1-2H3,(H2,18,19,20). The monoisotopic (exact) mass is 278 g/mol. The largest absolute Gasteiger partial charge is 0.338 e. The maximum atomic E-state index is 14.1. The Morgan fingerprint density at radius 2 is 1.95 bits per heavy atom. The van der Waals surface area contributed by atoms with Crippen molar-refractivity contribution in [2.45, 2.75) is 45.1 Å². The van der Waals surface area contributed by atoms with Crippen molar-refractivity contribution in [2.75, 3.05) is 6.54 Å². The van der Waals surface area contributed by atoms with Gasteiger partial charge in [0.25, 0.3) is 0 Å². The zero-order chi connectivity index (χ0) is 14.6. The summed E-state index contributed by atoms with van der Waals surface area (Å²) < 4.78 is 14.1. The molecule has 0 atom stereocenters. The smallest absolute Gasteiger partial charge is 0.315 e. The van der Waals surface area contributed by atoms with Crippen molar-refractivity contribution in [1.29, 1.82) is 0 Å². The van der Waals surface area contributed by atoms with Crippen LogP contribution in [0.3, 0.4) is 0 Å². The van der Waals surface area contributed by atoms with Gasteiger partial charge in [-0.15, -0.1) is 0 Å². The highest BCUT2D eigenvalue weighted by atomic mass is 19.1. The normalized spacial score (nSPS) is 17.2. The number of halogens is 1. The summed E-state index contributed by atoms with van der Waals surface area (Å²) in [5.74, 6) is 0.160. The molecule has 0 unspecified atom stereocenters. The second kappa shape index (κ2) is 6.25. The fourth-order valence-corrected chi connectivity index (χ4v) is 2.85. The third-order valence-corrected chi connectivity index (χ3v) is 3.87. The predicted octanol–water partition coefficient (Wildman–Crippen LogP) is 3.55. The van der Waals surface area contributed by atoms with Crippen LogP contribution < -0.4 is 10.6 Å². The maximum absolute atomic E-state index is 14.1. The summed E-state index contributed by atoms with van der Waals surface area (Å²) in [6.45, 7) is 4.71. The van der Waals surface area contributed by atoms with Crippen LogP contribution in [0.4, 0.5) is 9.18 Å². The molecule has 0 spiro atoms. The lowest BCUT2D eigenvalue weighted by Gasteiger charge is -2.31. The first-order valence-corrected chi connectivity index (χ1v) is 7.34. The van der Waals surface area contributed by atoms with Gasteiger partial charge in [0.15, 0.2) is 0 Å². The number of carbonyl (C=O) groups excluding carboxylic acids is 1. The van der Waals surface area contributed by atoms with E-state index in [1.54, 1.807) is 12.1 Å². The molecule has 1 aliphatic rings. The van der Waals surface area contributed by atoms with Crippen molar-refractivity contribution in [3.05, 3.63) is 35.6 Å². The summed E-state index contributed by atoms with van der Waals surface area (Å²) in [7, 11) is 0. The van der Waals surface area contributed by atoms with Gasteiger partial charge < -0.3 is 10.6 Å². The average Bonchev–Trinajstić information content (AvgIpc) is 2.86. The van der Waals surface area contributed by atoms with E-state index in [0.717, 1.165) is 25.7 Å². The van der Waals surface area contributed by atoms with E-state index in [1.807, 2.05) is 19.9 Å². The molecule has 20 heavy (non-hydrogen) atoms. The van der Waals surface area contributed by atoms with Gasteiger partial charge >= 0.3 is 6.03 Å². The highest BCUT2D eigenvalue weighted by molar-refractivity contribution is 5.75. The van der Waals surface area contributed by atoms with Crippen LogP contribution >= 0.6 is 0 Å². The molecular formula is C16H23FN2O. The highest BCUT2D eigenvalue weighted by Crippen LogP contribution is 2.39. The number of amides is 2. The summed E-state index contributed by atoms with van der Waals surface area (Å²) >= 11 is 0. The lowest BCUT2D eigenvalue weighted by Crippen LogP contribution is -2.49. The number of benzene rings is 1. The molecule has 0 aliphatic heterocycles. The van der Waals surface area contributed by atoms with E-state index in [4.69, 9.17) is 0 Å². The molecule has 2 rings (SSSR count). The molecule has 2 amide bonds. The molecule has 4 heteroatoms. The molecule has 1 aromatic carbocycles. The van der Waals surface area contributed by atoms with Gasteiger partial charge in [-0.05, 0) is 24.8 Å². The average molecular weight is 278 g/mol. The number of carbonyl (C=O) groups is 1. The highest BCUT2D eigenvalue weighted by Gasteiger charge is 2.38. The van der Waals surface area contributed by atoms with Crippen LogP contribution in [0.5, 0.6) is 0 Å². The Morgan fingerprint density at radius 1 is 1.30 bits per heavy atom. The van der Waals surface area contributed by atoms with E-state index in [2.05, 4.69) is 10.6 Å². The SMILES string of the molecule is CC(C)CNC(=O)NC1(c2ccccc2F)CCCC1. The van der Waals surface area contributed by atoms with E-state index in [9.17, 15) is 9.18 Å². The van der Waals surface area contributed by atoms with Crippen molar-refractivity contribution in [3.63, 3.8) is 0 Å². The molecule has 110 valence electrons. The van der Waals surface area contributed by atoms with Gasteiger partial charge in [0, 0.05) is 12.1 Å². The van der Waals surface area contributed by atoms with Gasteiger partial charge in [-0.1, -0.05) is 44.9 Å². The number of hydrogen-bond acceptors (Lipinski definition) is 1. The lowest BCUT2D eigenvalue weighted by atomic mass is 9.88. The predicted molar refractivity (Wildman–Crippen MR) is 77.9 cm³/mol. The first-order valence-electron chi connectivity index (χ1n) is 7.34. The third kappa shape index (κ3) is 3.30. The summed E-state index contributed by atoms with van der Waals surface area (Å²) in [5.41, 5.74) is 0.0593. The second-order valence-electron chi connectivity index (χ2n) is 6.00. The van der Waals surface area contributed by atoms with Crippen molar-refractivity contribution in [3.8, 4) is 0 Å². The molecule has 0 saturated heterocycles. The molecule has 3 nitrogen and oxygen atoms in total. The summed E-state index contributed by atoms with van der Waals surface area (Å²) in [6.07, 6.45) is 3.61. The molecule has 1 saturated carbocycles. The van der Waals surface area contributed by atoms with Gasteiger partial charge in [-0.2, -0.15) is 0 Å². The number of nitrogens with one attached hydrogen (secondary N) is 2. The Balaban J connectivity index is 2.14. The zero-order valence-corrected chi connectivity index (χ0v) is 12.2. The van der Waals surface area contributed by atoms with Gasteiger partial charge in [-0.25, -0.2) is 9.18 Å². The third-order valence-electron chi connectivity index (χ3n) is 3.87. The van der Waals surface area contributed by atoms with Crippen LogP contribution in [-0.4, -0.2) is 12.6 Å². The summed E-state index contributed by atoms with van der Waals surface area (Å²) in [4.78, 5) is 12.0. The minimum absolute atomic E-state index is 0.205. The minimum atomic E-state index is -0.549. The van der Waals surface area contributed by atoms with E-state index < -0.39 is 5.54 Å². The molecular weight excluding hydrogens is 255 g/mol. The van der Waals surface area contributed by atoms with Crippen molar-refractivity contribution in [1.82, 2.24) is 10.6 Å². The molecule has 1 aliphatic carbocycles. The fourth-order valence-electron chi connectivity index (χ4n) is 2.85. The Hall–Kier alpha value is -1.58. The maximum Gasteiger partial charge on any atom is 0.315 e. The first kappa shape index (κ1) is 14.8. The Morgan fingerprint density at radius 3 is 2.55 bits per heavy atom. The van der Waals surface area contributed by atoms with E-state index in [0.29, 0.717) is 18.0 Å². The van der Waals surface area contributed by atoms with Gasteiger partial charge in [-0.3, -0.25) is 0 Å². The number of rotatable bonds is 4. The molecule has 2 N–H and O–H groups in total. The summed E-state index contributed by atoms with van der Waals surface area (Å²) in [6, 6.07) is 6.54. The van der Waals surface area contributed by atoms with Gasteiger partial charge in [0.05, 0.1) is 5.54 Å². The quantitative estimate of drug-likeness (QED) is 0.869. The van der Waals surface area contributed by atoms with Crippen LogP contribution in [0.2, 0.25) is 0 Å². The van der Waals surface area contributed by atoms with Crippen LogP contribution in [0.1, 0.15) is 45.1 Å². The van der Waals surface area contributed by atoms with Crippen molar-refractivity contribution >= 4 is 6.03 Å². The molecule has 0 heterocycles. The fraction of sp³-hybridized carbons (Fsp3) is 0.562. The molecule has 0 radical (unpaired) electrons. The molecule has 1 fully saturated rings. The van der Waals surface area contributed by atoms with Gasteiger partial charge in [0.2, 0.25) is 0 Å². The van der Waals surface area contributed by atoms with E-state index in [1.165, 1.54) is 6.07 Å². The van der Waals surface area contributed by atoms with E-state index >= 15 is 0 Å². The second-order valence-corrected chi connectivity index (χ2v) is 6.00.